The van der Waals surface area contributed by atoms with Crippen molar-refractivity contribution in [3.8, 4) is 5.75 Å². The number of amides is 1. The lowest BCUT2D eigenvalue weighted by molar-refractivity contribution is -0.120. The molecule has 0 saturated carbocycles. The standard InChI is InChI=1S/C18H21FN2O2/c1-23-17-4-2-3-14(11-17)9-10-20-13-18(22)21-12-15-5-7-16(19)8-6-15/h2-8,11,20H,9-10,12-13H2,1H3,(H,21,22). The van der Waals surface area contributed by atoms with Gasteiger partial charge in [-0.25, -0.2) is 4.39 Å². The fourth-order valence-electron chi connectivity index (χ4n) is 2.13. The Morgan fingerprint density at radius 3 is 2.65 bits per heavy atom. The summed E-state index contributed by atoms with van der Waals surface area (Å²) >= 11 is 0. The van der Waals surface area contributed by atoms with Crippen LogP contribution in [0.25, 0.3) is 0 Å². The maximum atomic E-state index is 12.8. The number of carbonyl (C=O) groups is 1. The third-order valence-electron chi connectivity index (χ3n) is 3.41. The Morgan fingerprint density at radius 2 is 1.91 bits per heavy atom. The summed E-state index contributed by atoms with van der Waals surface area (Å²) in [4.78, 5) is 11.7. The molecule has 0 radical (unpaired) electrons. The largest absolute Gasteiger partial charge is 0.497 e. The van der Waals surface area contributed by atoms with E-state index in [0.717, 1.165) is 23.3 Å². The van der Waals surface area contributed by atoms with Crippen LogP contribution >= 0.6 is 0 Å². The van der Waals surface area contributed by atoms with E-state index in [2.05, 4.69) is 10.6 Å². The number of hydrogen-bond donors (Lipinski definition) is 2. The molecule has 2 aromatic rings. The predicted octanol–water partition coefficient (Wildman–Crippen LogP) is 2.28. The van der Waals surface area contributed by atoms with E-state index in [-0.39, 0.29) is 18.3 Å². The third-order valence-corrected chi connectivity index (χ3v) is 3.41. The summed E-state index contributed by atoms with van der Waals surface area (Å²) in [5.41, 5.74) is 2.03. The van der Waals surface area contributed by atoms with E-state index in [9.17, 15) is 9.18 Å². The highest BCUT2D eigenvalue weighted by molar-refractivity contribution is 5.77. The first-order valence-electron chi connectivity index (χ1n) is 7.52. The van der Waals surface area contributed by atoms with Crippen LogP contribution in [0.15, 0.2) is 48.5 Å². The number of rotatable bonds is 8. The Morgan fingerprint density at radius 1 is 1.13 bits per heavy atom. The van der Waals surface area contributed by atoms with Gasteiger partial charge in [0.2, 0.25) is 5.91 Å². The molecule has 2 aromatic carbocycles. The quantitative estimate of drug-likeness (QED) is 0.735. The van der Waals surface area contributed by atoms with E-state index in [1.165, 1.54) is 12.1 Å². The summed E-state index contributed by atoms with van der Waals surface area (Å²) < 4.78 is 17.9. The molecular formula is C18H21FN2O2. The van der Waals surface area contributed by atoms with Crippen molar-refractivity contribution < 1.29 is 13.9 Å². The average Bonchev–Trinajstić information content (AvgIpc) is 2.58. The lowest BCUT2D eigenvalue weighted by Gasteiger charge is -2.08. The number of ether oxygens (including phenoxy) is 1. The van der Waals surface area contributed by atoms with E-state index < -0.39 is 0 Å². The van der Waals surface area contributed by atoms with Gasteiger partial charge in [-0.2, -0.15) is 0 Å². The molecular weight excluding hydrogens is 295 g/mol. The molecule has 4 nitrogen and oxygen atoms in total. The van der Waals surface area contributed by atoms with Crippen LogP contribution in [-0.4, -0.2) is 26.1 Å². The monoisotopic (exact) mass is 316 g/mol. The van der Waals surface area contributed by atoms with Gasteiger partial charge in [-0.05, 0) is 48.4 Å². The normalized spacial score (nSPS) is 10.3. The smallest absolute Gasteiger partial charge is 0.234 e. The second kappa shape index (κ2) is 8.90. The molecule has 0 heterocycles. The van der Waals surface area contributed by atoms with Gasteiger partial charge in [-0.1, -0.05) is 24.3 Å². The van der Waals surface area contributed by atoms with Crippen LogP contribution in [0.3, 0.4) is 0 Å². The minimum absolute atomic E-state index is 0.0834. The molecule has 0 bridgehead atoms. The highest BCUT2D eigenvalue weighted by Crippen LogP contribution is 2.12. The van der Waals surface area contributed by atoms with Crippen molar-refractivity contribution in [1.29, 1.82) is 0 Å². The first kappa shape index (κ1) is 17.0. The zero-order valence-electron chi connectivity index (χ0n) is 13.1. The molecule has 0 aliphatic carbocycles. The van der Waals surface area contributed by atoms with Crippen LogP contribution in [0.5, 0.6) is 5.75 Å². The van der Waals surface area contributed by atoms with E-state index in [4.69, 9.17) is 4.74 Å². The van der Waals surface area contributed by atoms with Gasteiger partial charge < -0.3 is 15.4 Å². The third kappa shape index (κ3) is 6.08. The molecule has 0 unspecified atom stereocenters. The van der Waals surface area contributed by atoms with Gasteiger partial charge in [0.1, 0.15) is 11.6 Å². The minimum atomic E-state index is -0.278. The van der Waals surface area contributed by atoms with Crippen molar-refractivity contribution in [2.45, 2.75) is 13.0 Å². The van der Waals surface area contributed by atoms with Crippen LogP contribution in [0.4, 0.5) is 4.39 Å². The van der Waals surface area contributed by atoms with Gasteiger partial charge >= 0.3 is 0 Å². The zero-order chi connectivity index (χ0) is 16.5. The van der Waals surface area contributed by atoms with Crippen LogP contribution in [0.1, 0.15) is 11.1 Å². The SMILES string of the molecule is COc1cccc(CCNCC(=O)NCc2ccc(F)cc2)c1. The van der Waals surface area contributed by atoms with E-state index in [1.807, 2.05) is 24.3 Å². The van der Waals surface area contributed by atoms with Gasteiger partial charge in [0.25, 0.3) is 0 Å². The zero-order valence-corrected chi connectivity index (χ0v) is 13.1. The average molecular weight is 316 g/mol. The number of methoxy groups -OCH3 is 1. The molecule has 0 atom stereocenters. The Kier molecular flexibility index (Phi) is 6.56. The molecule has 0 fully saturated rings. The number of carbonyl (C=O) groups excluding carboxylic acids is 1. The molecule has 0 aliphatic heterocycles. The molecule has 0 aromatic heterocycles. The minimum Gasteiger partial charge on any atom is -0.497 e. The first-order chi connectivity index (χ1) is 11.2. The van der Waals surface area contributed by atoms with Gasteiger partial charge in [0.05, 0.1) is 13.7 Å². The molecule has 0 spiro atoms. The number of halogens is 1. The highest BCUT2D eigenvalue weighted by Gasteiger charge is 2.02. The topological polar surface area (TPSA) is 50.4 Å². The van der Waals surface area contributed by atoms with Crippen molar-refractivity contribution in [3.05, 3.63) is 65.5 Å². The second-order valence-corrected chi connectivity index (χ2v) is 5.18. The van der Waals surface area contributed by atoms with E-state index in [1.54, 1.807) is 19.2 Å². The Hall–Kier alpha value is -2.40. The molecule has 23 heavy (non-hydrogen) atoms. The molecule has 122 valence electrons. The Bertz CT molecular complexity index is 629. The van der Waals surface area contributed by atoms with Crippen molar-refractivity contribution in [1.82, 2.24) is 10.6 Å². The maximum absolute atomic E-state index is 12.8. The number of hydrogen-bond acceptors (Lipinski definition) is 3. The van der Waals surface area contributed by atoms with Gasteiger partial charge in [-0.15, -0.1) is 0 Å². The van der Waals surface area contributed by atoms with Gasteiger partial charge in [0, 0.05) is 6.54 Å². The van der Waals surface area contributed by atoms with Gasteiger partial charge in [-0.3, -0.25) is 4.79 Å². The van der Waals surface area contributed by atoms with E-state index in [0.29, 0.717) is 13.1 Å². The molecule has 5 heteroatoms. The second-order valence-electron chi connectivity index (χ2n) is 5.18. The lowest BCUT2D eigenvalue weighted by atomic mass is 10.1. The Balaban J connectivity index is 1.63. The van der Waals surface area contributed by atoms with Crippen LogP contribution in [0, 0.1) is 5.82 Å². The lowest BCUT2D eigenvalue weighted by Crippen LogP contribution is -2.34. The van der Waals surface area contributed by atoms with Crippen molar-refractivity contribution in [2.24, 2.45) is 0 Å². The summed E-state index contributed by atoms with van der Waals surface area (Å²) in [5.74, 6) is 0.471. The fraction of sp³-hybridized carbons (Fsp3) is 0.278. The number of nitrogens with one attached hydrogen (secondary N) is 2. The van der Waals surface area contributed by atoms with Crippen molar-refractivity contribution >= 4 is 5.91 Å². The molecule has 0 aliphatic rings. The van der Waals surface area contributed by atoms with E-state index >= 15 is 0 Å². The van der Waals surface area contributed by atoms with Gasteiger partial charge in [0.15, 0.2) is 0 Å². The summed E-state index contributed by atoms with van der Waals surface area (Å²) in [7, 11) is 1.64. The van der Waals surface area contributed by atoms with Crippen LogP contribution in [-0.2, 0) is 17.8 Å². The summed E-state index contributed by atoms with van der Waals surface area (Å²) in [5, 5.41) is 5.90. The molecule has 2 N–H and O–H groups in total. The highest BCUT2D eigenvalue weighted by atomic mass is 19.1. The fourth-order valence-corrected chi connectivity index (χ4v) is 2.13. The first-order valence-corrected chi connectivity index (χ1v) is 7.52. The van der Waals surface area contributed by atoms with Crippen LogP contribution in [0.2, 0.25) is 0 Å². The van der Waals surface area contributed by atoms with Crippen molar-refractivity contribution in [2.75, 3.05) is 20.2 Å². The Labute approximate surface area is 135 Å². The molecule has 1 amide bonds. The summed E-state index contributed by atoms with van der Waals surface area (Å²) in [6.45, 7) is 1.36. The maximum Gasteiger partial charge on any atom is 0.234 e. The summed E-state index contributed by atoms with van der Waals surface area (Å²) in [6.07, 6.45) is 0.822. The molecule has 2 rings (SSSR count). The van der Waals surface area contributed by atoms with Crippen LogP contribution < -0.4 is 15.4 Å². The number of benzene rings is 2. The predicted molar refractivity (Wildman–Crippen MR) is 87.8 cm³/mol. The van der Waals surface area contributed by atoms with Crippen molar-refractivity contribution in [3.63, 3.8) is 0 Å². The molecule has 0 saturated heterocycles. The summed E-state index contributed by atoms with van der Waals surface area (Å²) in [6, 6.07) is 13.9.